The van der Waals surface area contributed by atoms with Gasteiger partial charge in [-0.2, -0.15) is 0 Å². The van der Waals surface area contributed by atoms with Crippen molar-refractivity contribution >= 4 is 22.8 Å². The molecule has 0 aromatic carbocycles. The van der Waals surface area contributed by atoms with Crippen LogP contribution in [-0.4, -0.2) is 46.8 Å². The summed E-state index contributed by atoms with van der Waals surface area (Å²) >= 11 is 0. The predicted octanol–water partition coefficient (Wildman–Crippen LogP) is 0.661. The molecule has 0 aliphatic carbocycles. The topological polar surface area (TPSA) is 87.5 Å². The third-order valence-corrected chi connectivity index (χ3v) is 3.97. The standard InChI is InChI=1S/C15H17FN4O3.Ag/c1-2-19-8-10(15(22)23)12(21)9-7-11(16)14(18-13(9)19)20-5-3-17-4-6-20;/h7-8,17H,2-6H2,1H3,(H,22,23);. The Bertz CT molecular complexity index is 834. The molecular weight excluding hydrogens is 411 g/mol. The molecule has 1 saturated heterocycles. The maximum atomic E-state index is 14.4. The van der Waals surface area contributed by atoms with Crippen LogP contribution in [0.2, 0.25) is 0 Å². The van der Waals surface area contributed by atoms with E-state index in [2.05, 4.69) is 10.3 Å². The predicted molar refractivity (Wildman–Crippen MR) is 83.7 cm³/mol. The number of fused-ring (bicyclic) bond motifs is 1. The van der Waals surface area contributed by atoms with Gasteiger partial charge in [-0.3, -0.25) is 4.79 Å². The summed E-state index contributed by atoms with van der Waals surface area (Å²) in [6.07, 6.45) is 1.26. The molecule has 9 heteroatoms. The second-order valence-electron chi connectivity index (χ2n) is 5.37. The quantitative estimate of drug-likeness (QED) is 0.699. The van der Waals surface area contributed by atoms with Crippen molar-refractivity contribution in [3.63, 3.8) is 0 Å². The Labute approximate surface area is 153 Å². The van der Waals surface area contributed by atoms with E-state index >= 15 is 0 Å². The molecular formula is C15H17AgFN4O3. The van der Waals surface area contributed by atoms with E-state index < -0.39 is 17.2 Å². The monoisotopic (exact) mass is 427 g/mol. The van der Waals surface area contributed by atoms with Crippen LogP contribution in [0.3, 0.4) is 0 Å². The van der Waals surface area contributed by atoms with E-state index in [0.717, 1.165) is 19.2 Å². The van der Waals surface area contributed by atoms with Gasteiger partial charge >= 0.3 is 5.97 Å². The number of anilines is 1. The average Bonchev–Trinajstić information content (AvgIpc) is 2.55. The van der Waals surface area contributed by atoms with Crippen LogP contribution in [0.25, 0.3) is 11.0 Å². The summed E-state index contributed by atoms with van der Waals surface area (Å²) in [4.78, 5) is 29.6. The summed E-state index contributed by atoms with van der Waals surface area (Å²) in [6.45, 7) is 4.95. The van der Waals surface area contributed by atoms with E-state index in [-0.39, 0.29) is 39.1 Å². The van der Waals surface area contributed by atoms with E-state index in [9.17, 15) is 14.0 Å². The normalized spacial score (nSPS) is 14.5. The Kier molecular flexibility index (Phi) is 5.76. The van der Waals surface area contributed by atoms with Gasteiger partial charge in [0.25, 0.3) is 0 Å². The van der Waals surface area contributed by atoms with Crippen LogP contribution < -0.4 is 15.6 Å². The first-order valence-corrected chi connectivity index (χ1v) is 7.45. The number of rotatable bonds is 3. The average molecular weight is 428 g/mol. The Balaban J connectivity index is 0.00000208. The van der Waals surface area contributed by atoms with Gasteiger partial charge in [-0.15, -0.1) is 0 Å². The molecule has 24 heavy (non-hydrogen) atoms. The Hall–Kier alpha value is -1.74. The molecule has 3 rings (SSSR count). The zero-order valence-electron chi connectivity index (χ0n) is 13.0. The molecule has 1 aliphatic heterocycles. The third kappa shape index (κ3) is 3.23. The van der Waals surface area contributed by atoms with Crippen molar-refractivity contribution in [3.8, 4) is 0 Å². The van der Waals surface area contributed by atoms with E-state index in [1.165, 1.54) is 6.20 Å². The van der Waals surface area contributed by atoms with Gasteiger partial charge in [0.1, 0.15) is 11.2 Å². The molecule has 0 amide bonds. The van der Waals surface area contributed by atoms with Gasteiger partial charge in [-0.1, -0.05) is 0 Å². The summed E-state index contributed by atoms with van der Waals surface area (Å²) in [5.74, 6) is -1.74. The maximum absolute atomic E-state index is 14.4. The van der Waals surface area contributed by atoms with Gasteiger partial charge in [-0.25, -0.2) is 14.2 Å². The molecule has 0 saturated carbocycles. The third-order valence-electron chi connectivity index (χ3n) is 3.97. The minimum atomic E-state index is -1.33. The largest absolute Gasteiger partial charge is 0.477 e. The molecule has 3 heterocycles. The summed E-state index contributed by atoms with van der Waals surface area (Å²) < 4.78 is 16.0. The number of halogens is 1. The fourth-order valence-electron chi connectivity index (χ4n) is 2.77. The number of carbonyl (C=O) groups is 1. The minimum absolute atomic E-state index is 0. The number of nitrogens with zero attached hydrogens (tertiary/aromatic N) is 3. The van der Waals surface area contributed by atoms with E-state index in [1.807, 2.05) is 11.8 Å². The first-order valence-electron chi connectivity index (χ1n) is 7.45. The SMILES string of the molecule is CCn1cc(C(=O)O)c(=O)c2cc(F)c(N3CCNCC3)nc21.[Ag]. The van der Waals surface area contributed by atoms with Gasteiger partial charge in [0.2, 0.25) is 5.43 Å². The van der Waals surface area contributed by atoms with Crippen LogP contribution in [0.4, 0.5) is 10.2 Å². The first-order chi connectivity index (χ1) is 11.0. The number of carboxylic acid groups (broad SMARTS) is 1. The van der Waals surface area contributed by atoms with Crippen molar-refractivity contribution in [2.45, 2.75) is 13.5 Å². The van der Waals surface area contributed by atoms with Gasteiger partial charge in [0, 0.05) is 61.3 Å². The second-order valence-corrected chi connectivity index (χ2v) is 5.37. The minimum Gasteiger partial charge on any atom is -0.477 e. The van der Waals surface area contributed by atoms with Crippen LogP contribution in [0, 0.1) is 5.82 Å². The summed E-state index contributed by atoms with van der Waals surface area (Å²) in [6, 6.07) is 1.10. The van der Waals surface area contributed by atoms with Crippen molar-refractivity contribution in [1.82, 2.24) is 14.9 Å². The zero-order chi connectivity index (χ0) is 16.6. The van der Waals surface area contributed by atoms with Crippen LogP contribution in [-0.2, 0) is 28.9 Å². The van der Waals surface area contributed by atoms with Crippen molar-refractivity contribution in [2.24, 2.45) is 0 Å². The van der Waals surface area contributed by atoms with Crippen LogP contribution in [0.1, 0.15) is 17.3 Å². The number of aromatic carboxylic acids is 1. The fraction of sp³-hybridized carbons (Fsp3) is 0.400. The molecule has 2 N–H and O–H groups in total. The van der Waals surface area contributed by atoms with Crippen molar-refractivity contribution in [2.75, 3.05) is 31.1 Å². The second kappa shape index (κ2) is 7.43. The zero-order valence-corrected chi connectivity index (χ0v) is 14.5. The van der Waals surface area contributed by atoms with Gasteiger partial charge in [0.05, 0.1) is 5.39 Å². The number of aryl methyl sites for hydroxylation is 1. The first kappa shape index (κ1) is 18.6. The molecule has 2 aromatic rings. The van der Waals surface area contributed by atoms with E-state index in [4.69, 9.17) is 5.11 Å². The molecule has 0 atom stereocenters. The molecule has 0 bridgehead atoms. The van der Waals surface area contributed by atoms with Crippen molar-refractivity contribution in [1.29, 1.82) is 0 Å². The van der Waals surface area contributed by atoms with Gasteiger partial charge < -0.3 is 19.9 Å². The number of aromatic nitrogens is 2. The number of hydrogen-bond donors (Lipinski definition) is 2. The molecule has 0 spiro atoms. The maximum Gasteiger partial charge on any atom is 0.341 e. The molecule has 0 unspecified atom stereocenters. The van der Waals surface area contributed by atoms with Crippen LogP contribution >= 0.6 is 0 Å². The number of pyridine rings is 2. The fourth-order valence-corrected chi connectivity index (χ4v) is 2.77. The van der Waals surface area contributed by atoms with Crippen molar-refractivity contribution < 1.29 is 36.7 Å². The number of piperazine rings is 1. The molecule has 1 aliphatic rings. The van der Waals surface area contributed by atoms with E-state index in [0.29, 0.717) is 25.3 Å². The Morgan fingerprint density at radius 3 is 2.67 bits per heavy atom. The van der Waals surface area contributed by atoms with Gasteiger partial charge in [0.15, 0.2) is 11.6 Å². The van der Waals surface area contributed by atoms with Crippen LogP contribution in [0.5, 0.6) is 0 Å². The Morgan fingerprint density at radius 2 is 2.08 bits per heavy atom. The van der Waals surface area contributed by atoms with Crippen molar-refractivity contribution in [3.05, 3.63) is 33.9 Å². The Morgan fingerprint density at radius 1 is 1.42 bits per heavy atom. The number of nitrogens with one attached hydrogen (secondary N) is 1. The number of carboxylic acids is 1. The molecule has 1 fully saturated rings. The smallest absolute Gasteiger partial charge is 0.341 e. The van der Waals surface area contributed by atoms with Crippen LogP contribution in [0.15, 0.2) is 17.1 Å². The summed E-state index contributed by atoms with van der Waals surface area (Å²) in [5.41, 5.74) is -0.789. The molecule has 2 aromatic heterocycles. The molecule has 133 valence electrons. The van der Waals surface area contributed by atoms with Gasteiger partial charge in [-0.05, 0) is 13.0 Å². The van der Waals surface area contributed by atoms with E-state index in [1.54, 1.807) is 4.57 Å². The molecule has 1 radical (unpaired) electrons. The summed E-state index contributed by atoms with van der Waals surface area (Å²) in [5, 5.41) is 12.3. The summed E-state index contributed by atoms with van der Waals surface area (Å²) in [7, 11) is 0. The number of hydrogen-bond acceptors (Lipinski definition) is 5. The molecule has 7 nitrogen and oxygen atoms in total.